The Balaban J connectivity index is 2.67. The lowest BCUT2D eigenvalue weighted by atomic mass is 9.87. The first-order valence-electron chi connectivity index (χ1n) is 7.24. The molecule has 3 heteroatoms. The molecule has 1 heterocycles. The Morgan fingerprint density at radius 1 is 1.37 bits per heavy atom. The van der Waals surface area contributed by atoms with E-state index in [1.165, 1.54) is 5.56 Å². The summed E-state index contributed by atoms with van der Waals surface area (Å²) in [7, 11) is 2.16. The summed E-state index contributed by atoms with van der Waals surface area (Å²) < 4.78 is 5.95. The normalized spacial score (nSPS) is 14.1. The van der Waals surface area contributed by atoms with Crippen molar-refractivity contribution in [1.82, 2.24) is 10.2 Å². The van der Waals surface area contributed by atoms with Gasteiger partial charge < -0.3 is 9.73 Å². The molecule has 0 saturated carbocycles. The SMILES string of the molecule is CCNCc1oc(CN(C)C(C)C(C)(C)C)cc1C. The zero-order chi connectivity index (χ0) is 14.6. The summed E-state index contributed by atoms with van der Waals surface area (Å²) >= 11 is 0. The largest absolute Gasteiger partial charge is 0.463 e. The fourth-order valence-corrected chi connectivity index (χ4v) is 2.13. The highest BCUT2D eigenvalue weighted by atomic mass is 16.3. The Morgan fingerprint density at radius 3 is 2.53 bits per heavy atom. The van der Waals surface area contributed by atoms with Crippen molar-refractivity contribution >= 4 is 0 Å². The predicted molar refractivity (Wildman–Crippen MR) is 81.2 cm³/mol. The fraction of sp³-hybridized carbons (Fsp3) is 0.750. The highest BCUT2D eigenvalue weighted by Crippen LogP contribution is 2.25. The first-order valence-corrected chi connectivity index (χ1v) is 7.24. The van der Waals surface area contributed by atoms with Crippen LogP contribution in [0, 0.1) is 12.3 Å². The lowest BCUT2D eigenvalue weighted by Crippen LogP contribution is -2.38. The molecule has 110 valence electrons. The third-order valence-corrected chi connectivity index (χ3v) is 3.93. The summed E-state index contributed by atoms with van der Waals surface area (Å²) in [6.45, 7) is 16.0. The van der Waals surface area contributed by atoms with Crippen LogP contribution >= 0.6 is 0 Å². The van der Waals surface area contributed by atoms with Gasteiger partial charge in [0, 0.05) is 6.04 Å². The standard InChI is InChI=1S/C16H30N2O/c1-8-17-10-15-12(2)9-14(19-15)11-18(7)13(3)16(4,5)6/h9,13,17H,8,10-11H2,1-7H3. The molecule has 0 amide bonds. The van der Waals surface area contributed by atoms with Crippen LogP contribution in [0.15, 0.2) is 10.5 Å². The van der Waals surface area contributed by atoms with Gasteiger partial charge in [-0.3, -0.25) is 4.90 Å². The average Bonchev–Trinajstić information content (AvgIpc) is 2.64. The molecule has 0 spiro atoms. The summed E-state index contributed by atoms with van der Waals surface area (Å²) in [6, 6.07) is 2.67. The van der Waals surface area contributed by atoms with E-state index in [-0.39, 0.29) is 5.41 Å². The molecule has 0 bridgehead atoms. The number of aryl methyl sites for hydroxylation is 1. The summed E-state index contributed by atoms with van der Waals surface area (Å²) in [5, 5.41) is 3.31. The van der Waals surface area contributed by atoms with E-state index in [1.807, 2.05) is 0 Å². The molecule has 0 saturated heterocycles. The third kappa shape index (κ3) is 4.66. The molecular formula is C16H30N2O. The van der Waals surface area contributed by atoms with Crippen LogP contribution in [0.2, 0.25) is 0 Å². The quantitative estimate of drug-likeness (QED) is 0.853. The van der Waals surface area contributed by atoms with Crippen molar-refractivity contribution in [2.75, 3.05) is 13.6 Å². The molecule has 1 atom stereocenters. The summed E-state index contributed by atoms with van der Waals surface area (Å²) in [4.78, 5) is 2.36. The molecule has 1 aromatic rings. The van der Waals surface area contributed by atoms with Crippen LogP contribution in [0.5, 0.6) is 0 Å². The number of rotatable bonds is 6. The van der Waals surface area contributed by atoms with Gasteiger partial charge in [-0.25, -0.2) is 0 Å². The summed E-state index contributed by atoms with van der Waals surface area (Å²) in [5.41, 5.74) is 1.52. The lowest BCUT2D eigenvalue weighted by molar-refractivity contribution is 0.126. The van der Waals surface area contributed by atoms with Crippen LogP contribution in [-0.2, 0) is 13.1 Å². The maximum Gasteiger partial charge on any atom is 0.120 e. The van der Waals surface area contributed by atoms with Gasteiger partial charge in [-0.15, -0.1) is 0 Å². The van der Waals surface area contributed by atoms with Crippen LogP contribution in [0.25, 0.3) is 0 Å². The highest BCUT2D eigenvalue weighted by molar-refractivity contribution is 5.20. The zero-order valence-electron chi connectivity index (χ0n) is 13.6. The van der Waals surface area contributed by atoms with Crippen LogP contribution in [0.4, 0.5) is 0 Å². The minimum atomic E-state index is 0.281. The van der Waals surface area contributed by atoms with Crippen molar-refractivity contribution in [2.24, 2.45) is 5.41 Å². The van der Waals surface area contributed by atoms with Crippen LogP contribution < -0.4 is 5.32 Å². The molecule has 0 aromatic carbocycles. The molecule has 0 aliphatic carbocycles. The van der Waals surface area contributed by atoms with E-state index in [2.05, 4.69) is 64.9 Å². The predicted octanol–water partition coefficient (Wildman–Crippen LogP) is 3.56. The monoisotopic (exact) mass is 266 g/mol. The number of hydrogen-bond acceptors (Lipinski definition) is 3. The molecule has 19 heavy (non-hydrogen) atoms. The Morgan fingerprint density at radius 2 is 2.00 bits per heavy atom. The Hall–Kier alpha value is -0.800. The molecule has 0 aliphatic rings. The molecular weight excluding hydrogens is 236 g/mol. The van der Waals surface area contributed by atoms with Gasteiger partial charge in [-0.2, -0.15) is 0 Å². The Kier molecular flexibility index (Phi) is 5.63. The van der Waals surface area contributed by atoms with Gasteiger partial charge in [0.2, 0.25) is 0 Å². The maximum absolute atomic E-state index is 5.95. The smallest absolute Gasteiger partial charge is 0.120 e. The first kappa shape index (κ1) is 16.3. The second-order valence-corrected chi connectivity index (χ2v) is 6.56. The summed E-state index contributed by atoms with van der Waals surface area (Å²) in [6.07, 6.45) is 0. The maximum atomic E-state index is 5.95. The van der Waals surface area contributed by atoms with E-state index in [9.17, 15) is 0 Å². The topological polar surface area (TPSA) is 28.4 Å². The fourth-order valence-electron chi connectivity index (χ4n) is 2.13. The number of hydrogen-bond donors (Lipinski definition) is 1. The van der Waals surface area contributed by atoms with Crippen molar-refractivity contribution < 1.29 is 4.42 Å². The highest BCUT2D eigenvalue weighted by Gasteiger charge is 2.24. The van der Waals surface area contributed by atoms with E-state index >= 15 is 0 Å². The molecule has 0 aliphatic heterocycles. The second kappa shape index (κ2) is 6.58. The van der Waals surface area contributed by atoms with Gasteiger partial charge in [0.25, 0.3) is 0 Å². The minimum Gasteiger partial charge on any atom is -0.463 e. The van der Waals surface area contributed by atoms with Gasteiger partial charge in [0.05, 0.1) is 13.1 Å². The lowest BCUT2D eigenvalue weighted by Gasteiger charge is -2.34. The van der Waals surface area contributed by atoms with E-state index in [1.54, 1.807) is 0 Å². The van der Waals surface area contributed by atoms with Crippen molar-refractivity contribution in [2.45, 2.75) is 60.7 Å². The average molecular weight is 266 g/mol. The van der Waals surface area contributed by atoms with Gasteiger partial charge in [-0.05, 0) is 44.5 Å². The Bertz CT molecular complexity index is 390. The van der Waals surface area contributed by atoms with Gasteiger partial charge in [-0.1, -0.05) is 27.7 Å². The van der Waals surface area contributed by atoms with Crippen LogP contribution in [0.1, 0.15) is 51.7 Å². The van der Waals surface area contributed by atoms with E-state index in [0.29, 0.717) is 6.04 Å². The molecule has 1 aromatic heterocycles. The van der Waals surface area contributed by atoms with Crippen molar-refractivity contribution in [3.05, 3.63) is 23.2 Å². The number of nitrogens with zero attached hydrogens (tertiary/aromatic N) is 1. The van der Waals surface area contributed by atoms with Crippen molar-refractivity contribution in [1.29, 1.82) is 0 Å². The number of furan rings is 1. The van der Waals surface area contributed by atoms with Gasteiger partial charge in [0.15, 0.2) is 0 Å². The van der Waals surface area contributed by atoms with Gasteiger partial charge >= 0.3 is 0 Å². The Labute approximate surface area is 118 Å². The van der Waals surface area contributed by atoms with E-state index < -0.39 is 0 Å². The minimum absolute atomic E-state index is 0.281. The molecule has 0 fully saturated rings. The third-order valence-electron chi connectivity index (χ3n) is 3.93. The van der Waals surface area contributed by atoms with Crippen LogP contribution in [0.3, 0.4) is 0 Å². The van der Waals surface area contributed by atoms with Gasteiger partial charge in [0.1, 0.15) is 11.5 Å². The first-order chi connectivity index (χ1) is 8.75. The zero-order valence-corrected chi connectivity index (χ0v) is 13.6. The number of nitrogens with one attached hydrogen (secondary N) is 1. The molecule has 1 rings (SSSR count). The second-order valence-electron chi connectivity index (χ2n) is 6.56. The van der Waals surface area contributed by atoms with E-state index in [4.69, 9.17) is 4.42 Å². The molecule has 0 radical (unpaired) electrons. The summed E-state index contributed by atoms with van der Waals surface area (Å²) in [5.74, 6) is 2.12. The molecule has 1 unspecified atom stereocenters. The van der Waals surface area contributed by atoms with Crippen molar-refractivity contribution in [3.8, 4) is 0 Å². The molecule has 1 N–H and O–H groups in total. The molecule has 3 nitrogen and oxygen atoms in total. The van der Waals surface area contributed by atoms with Crippen molar-refractivity contribution in [3.63, 3.8) is 0 Å². The van der Waals surface area contributed by atoms with Crippen LogP contribution in [-0.4, -0.2) is 24.5 Å². The van der Waals surface area contributed by atoms with E-state index in [0.717, 1.165) is 31.2 Å².